The van der Waals surface area contributed by atoms with Gasteiger partial charge in [-0.2, -0.15) is 22.7 Å². The van der Waals surface area contributed by atoms with E-state index in [0.717, 1.165) is 79.0 Å². The molecule has 1 spiro atoms. The Morgan fingerprint density at radius 3 is 2.47 bits per heavy atom. The minimum Gasteiger partial charge on any atom is -0.355 e. The number of hydrogen-bond donors (Lipinski definition) is 0. The van der Waals surface area contributed by atoms with Crippen LogP contribution in [0.1, 0.15) is 67.6 Å². The van der Waals surface area contributed by atoms with Crippen LogP contribution < -0.4 is 4.90 Å². The second-order valence-corrected chi connectivity index (χ2v) is 18.5. The number of thiophene rings is 1. The number of hydrogen-bond acceptors (Lipinski definition) is 9. The van der Waals surface area contributed by atoms with E-state index >= 15 is 0 Å². The lowest BCUT2D eigenvalue weighted by Gasteiger charge is -2.37. The number of sulfonamides is 1. The average Bonchev–Trinajstić information content (AvgIpc) is 3.90. The summed E-state index contributed by atoms with van der Waals surface area (Å²) in [5.41, 5.74) is 4.17. The molecule has 3 aliphatic heterocycles. The smallest absolute Gasteiger partial charge is 0.355 e. The quantitative estimate of drug-likeness (QED) is 0.174. The first-order valence-corrected chi connectivity index (χ1v) is 21.2. The molecule has 15 heteroatoms. The molecule has 286 valence electrons. The van der Waals surface area contributed by atoms with Crippen LogP contribution in [-0.2, 0) is 36.0 Å². The Morgan fingerprint density at radius 1 is 1.02 bits per heavy atom. The molecule has 3 fully saturated rings. The average molecular weight is 771 g/mol. The van der Waals surface area contributed by atoms with Crippen molar-refractivity contribution in [1.29, 1.82) is 5.26 Å². The molecule has 1 aromatic carbocycles. The zero-order valence-electron chi connectivity index (χ0n) is 31.0. The van der Waals surface area contributed by atoms with Crippen LogP contribution in [0.3, 0.4) is 0 Å². The van der Waals surface area contributed by atoms with Crippen molar-refractivity contribution in [2.75, 3.05) is 63.0 Å². The van der Waals surface area contributed by atoms with E-state index in [4.69, 9.17) is 4.98 Å². The predicted octanol–water partition coefficient (Wildman–Crippen LogP) is 6.34. The Morgan fingerprint density at radius 2 is 1.77 bits per heavy atom. The minimum absolute atomic E-state index is 0.0889. The normalized spacial score (nSPS) is 21.4. The molecule has 3 saturated heterocycles. The highest BCUT2D eigenvalue weighted by Gasteiger charge is 2.44. The van der Waals surface area contributed by atoms with Gasteiger partial charge in [0, 0.05) is 92.6 Å². The monoisotopic (exact) mass is 770 g/mol. The molecule has 4 aromatic rings. The van der Waals surface area contributed by atoms with Gasteiger partial charge in [0.1, 0.15) is 28.2 Å². The lowest BCUT2D eigenvalue weighted by Crippen LogP contribution is -2.52. The van der Waals surface area contributed by atoms with E-state index in [1.807, 2.05) is 19.9 Å². The third-order valence-corrected chi connectivity index (χ3v) is 14.7. The Balaban J connectivity index is 1.03. The maximum atomic E-state index is 13.2. The Hall–Kier alpha value is -3.29. The van der Waals surface area contributed by atoms with Crippen molar-refractivity contribution in [1.82, 2.24) is 28.6 Å². The van der Waals surface area contributed by atoms with Crippen LogP contribution in [0, 0.1) is 23.7 Å². The molecule has 1 unspecified atom stereocenters. The standard InChI is InChI=1S/C38H49F3N8O2S2/c1-5-17-53(50,51)48-15-13-46(14-16-48)26(3)22-49-29(21-42)18-31-27(4)28(7-8-33(31)49)23-45-11-9-37(24-45)10-12-47(25-37)35-32-19-30(20-38(39,40)41)52-36(32)44-34(6-2)43-35/h7-8,18-19,26H,5-6,9-17,20,22-25H2,1-4H3/t26-,37?/m0/s1. The molecule has 0 bridgehead atoms. The molecule has 0 saturated carbocycles. The number of benzene rings is 1. The van der Waals surface area contributed by atoms with Crippen LogP contribution in [0.25, 0.3) is 21.1 Å². The van der Waals surface area contributed by atoms with Crippen molar-refractivity contribution in [3.8, 4) is 6.07 Å². The molecule has 3 aromatic heterocycles. The van der Waals surface area contributed by atoms with Gasteiger partial charge in [-0.05, 0) is 69.0 Å². The van der Waals surface area contributed by atoms with Crippen molar-refractivity contribution in [3.05, 3.63) is 51.8 Å². The first-order chi connectivity index (χ1) is 25.2. The van der Waals surface area contributed by atoms with Crippen molar-refractivity contribution in [2.24, 2.45) is 5.41 Å². The Bertz CT molecular complexity index is 2130. The second-order valence-electron chi connectivity index (χ2n) is 15.3. The SMILES string of the molecule is CCCS(=O)(=O)N1CCN([C@@H](C)Cn2c(C#N)cc3c(C)c(CN4CCC5(CCN(c6nc(CC)nc7sc(CC(F)(F)F)cc67)C5)C4)ccc32)CC1. The summed E-state index contributed by atoms with van der Waals surface area (Å²) < 4.78 is 68.6. The summed E-state index contributed by atoms with van der Waals surface area (Å²) in [6, 6.07) is 10.5. The maximum absolute atomic E-state index is 13.2. The van der Waals surface area contributed by atoms with E-state index in [-0.39, 0.29) is 22.1 Å². The fourth-order valence-electron chi connectivity index (χ4n) is 8.71. The number of aryl methyl sites for hydroxylation is 2. The number of anilines is 1. The third-order valence-electron chi connectivity index (χ3n) is 11.6. The maximum Gasteiger partial charge on any atom is 0.393 e. The number of alkyl halides is 3. The first-order valence-electron chi connectivity index (χ1n) is 18.8. The van der Waals surface area contributed by atoms with E-state index in [1.165, 1.54) is 11.1 Å². The van der Waals surface area contributed by atoms with Gasteiger partial charge < -0.3 is 9.47 Å². The fraction of sp³-hybridized carbons (Fsp3) is 0.605. The predicted molar refractivity (Wildman–Crippen MR) is 204 cm³/mol. The van der Waals surface area contributed by atoms with Crippen LogP contribution >= 0.6 is 11.3 Å². The molecule has 6 heterocycles. The van der Waals surface area contributed by atoms with Crippen molar-refractivity contribution in [3.63, 3.8) is 0 Å². The molecule has 0 N–H and O–H groups in total. The van der Waals surface area contributed by atoms with Gasteiger partial charge in [0.2, 0.25) is 10.0 Å². The Kier molecular flexibility index (Phi) is 10.6. The van der Waals surface area contributed by atoms with Gasteiger partial charge >= 0.3 is 6.18 Å². The molecular weight excluding hydrogens is 722 g/mol. The van der Waals surface area contributed by atoms with Crippen LogP contribution in [0.4, 0.5) is 19.0 Å². The van der Waals surface area contributed by atoms with Gasteiger partial charge in [-0.15, -0.1) is 11.3 Å². The van der Waals surface area contributed by atoms with Crippen molar-refractivity contribution in [2.45, 2.75) is 85.1 Å². The summed E-state index contributed by atoms with van der Waals surface area (Å²) in [6.45, 7) is 15.5. The van der Waals surface area contributed by atoms with Crippen LogP contribution in [0.15, 0.2) is 24.3 Å². The van der Waals surface area contributed by atoms with Crippen molar-refractivity contribution >= 4 is 48.3 Å². The first kappa shape index (κ1) is 38.0. The van der Waals surface area contributed by atoms with Crippen LogP contribution in [0.5, 0.6) is 0 Å². The number of likely N-dealkylation sites (tertiary alicyclic amines) is 1. The van der Waals surface area contributed by atoms with E-state index in [2.05, 4.69) is 56.3 Å². The number of halogens is 3. The Labute approximate surface area is 314 Å². The largest absolute Gasteiger partial charge is 0.393 e. The number of aromatic nitrogens is 3. The summed E-state index contributed by atoms with van der Waals surface area (Å²) in [5, 5.41) is 11.9. The summed E-state index contributed by atoms with van der Waals surface area (Å²) in [7, 11) is -3.20. The molecule has 3 aliphatic rings. The highest BCUT2D eigenvalue weighted by atomic mass is 32.2. The van der Waals surface area contributed by atoms with E-state index in [9.17, 15) is 26.9 Å². The molecule has 7 rings (SSSR count). The fourth-order valence-corrected chi connectivity index (χ4v) is 11.3. The van der Waals surface area contributed by atoms with E-state index in [1.54, 1.807) is 10.4 Å². The molecule has 10 nitrogen and oxygen atoms in total. The molecule has 0 aliphatic carbocycles. The van der Waals surface area contributed by atoms with Gasteiger partial charge in [0.25, 0.3) is 0 Å². The summed E-state index contributed by atoms with van der Waals surface area (Å²) in [6.07, 6.45) is -1.93. The van der Waals surface area contributed by atoms with Gasteiger partial charge in [-0.3, -0.25) is 9.80 Å². The van der Waals surface area contributed by atoms with Gasteiger partial charge in [-0.1, -0.05) is 19.9 Å². The lowest BCUT2D eigenvalue weighted by molar-refractivity contribution is -0.126. The molecule has 53 heavy (non-hydrogen) atoms. The summed E-state index contributed by atoms with van der Waals surface area (Å²) >= 11 is 1.12. The van der Waals surface area contributed by atoms with Crippen LogP contribution in [-0.4, -0.2) is 107 Å². The van der Waals surface area contributed by atoms with Gasteiger partial charge in [0.15, 0.2) is 0 Å². The minimum atomic E-state index is -4.27. The molecule has 0 radical (unpaired) electrons. The summed E-state index contributed by atoms with van der Waals surface area (Å²) in [5.74, 6) is 1.61. The molecule has 0 amide bonds. The third kappa shape index (κ3) is 7.80. The lowest BCUT2D eigenvalue weighted by atomic mass is 9.86. The highest BCUT2D eigenvalue weighted by molar-refractivity contribution is 7.89. The van der Waals surface area contributed by atoms with E-state index < -0.39 is 22.6 Å². The number of rotatable bonds is 11. The zero-order chi connectivity index (χ0) is 37.7. The highest BCUT2D eigenvalue weighted by Crippen LogP contribution is 2.44. The molecular formula is C38H49F3N8O2S2. The second kappa shape index (κ2) is 14.7. The number of fused-ring (bicyclic) bond motifs is 2. The van der Waals surface area contributed by atoms with Crippen LogP contribution in [0.2, 0.25) is 0 Å². The number of nitrogens with zero attached hydrogens (tertiary/aromatic N) is 8. The molecule has 2 atom stereocenters. The topological polar surface area (TPSA) is 102 Å². The zero-order valence-corrected chi connectivity index (χ0v) is 32.7. The number of nitriles is 1. The summed E-state index contributed by atoms with van der Waals surface area (Å²) in [4.78, 5) is 17.4. The number of piperazine rings is 1. The van der Waals surface area contributed by atoms with Gasteiger partial charge in [0.05, 0.1) is 17.6 Å². The van der Waals surface area contributed by atoms with Crippen molar-refractivity contribution < 1.29 is 21.6 Å². The van der Waals surface area contributed by atoms with E-state index in [0.29, 0.717) is 61.9 Å². The van der Waals surface area contributed by atoms with Gasteiger partial charge in [-0.25, -0.2) is 18.4 Å².